The average molecular weight is 340 g/mol. The zero-order chi connectivity index (χ0) is 11.5. The average Bonchev–Trinajstić information content (AvgIpc) is 2.15. The normalized spacial score (nSPS) is 10.4. The van der Waals surface area contributed by atoms with Gasteiger partial charge in [-0.15, -0.1) is 0 Å². The topological polar surface area (TPSA) is 0 Å². The van der Waals surface area contributed by atoms with Crippen LogP contribution in [0.2, 0.25) is 0 Å². The molecule has 2 rings (SSSR count). The van der Waals surface area contributed by atoms with Crippen LogP contribution < -0.4 is 0 Å². The van der Waals surface area contributed by atoms with Crippen molar-refractivity contribution < 1.29 is 0 Å². The molecule has 0 radical (unpaired) electrons. The highest BCUT2D eigenvalue weighted by atomic mass is 79.9. The van der Waals surface area contributed by atoms with Crippen molar-refractivity contribution in [3.05, 3.63) is 68.1 Å². The van der Waals surface area contributed by atoms with Gasteiger partial charge in [-0.3, -0.25) is 0 Å². The molecule has 0 bridgehead atoms. The Kier molecular flexibility index (Phi) is 3.82. The molecule has 0 saturated heterocycles. The van der Waals surface area contributed by atoms with E-state index >= 15 is 0 Å². The molecular weight excluding hydrogens is 328 g/mol. The summed E-state index contributed by atoms with van der Waals surface area (Å²) in [5, 5.41) is 0. The van der Waals surface area contributed by atoms with E-state index in [4.69, 9.17) is 0 Å². The van der Waals surface area contributed by atoms with Gasteiger partial charge in [0, 0.05) is 8.95 Å². The van der Waals surface area contributed by atoms with Crippen LogP contribution in [0.5, 0.6) is 0 Å². The first-order chi connectivity index (χ1) is 7.63. The zero-order valence-corrected chi connectivity index (χ0v) is 12.2. The van der Waals surface area contributed by atoms with Gasteiger partial charge >= 0.3 is 0 Å². The Bertz CT molecular complexity index is 484. The van der Waals surface area contributed by atoms with Crippen molar-refractivity contribution in [2.75, 3.05) is 0 Å². The third kappa shape index (κ3) is 3.19. The molecule has 2 heteroatoms. The SMILES string of the molecule is Cc1cccc(Cc2cc(Br)cc(Br)c2)c1. The summed E-state index contributed by atoms with van der Waals surface area (Å²) in [5.74, 6) is 0. The number of rotatable bonds is 2. The lowest BCUT2D eigenvalue weighted by atomic mass is 10.0. The molecule has 0 aliphatic heterocycles. The standard InChI is InChI=1S/C14H12Br2/c1-10-3-2-4-11(5-10)6-12-7-13(15)9-14(16)8-12/h2-5,7-9H,6H2,1H3. The Morgan fingerprint density at radius 3 is 2.19 bits per heavy atom. The Hall–Kier alpha value is -0.600. The maximum atomic E-state index is 3.51. The molecule has 2 aromatic rings. The molecule has 0 atom stereocenters. The monoisotopic (exact) mass is 338 g/mol. The molecule has 0 unspecified atom stereocenters. The summed E-state index contributed by atoms with van der Waals surface area (Å²) in [6.07, 6.45) is 0.972. The van der Waals surface area contributed by atoms with Crippen LogP contribution in [0.3, 0.4) is 0 Å². The Balaban J connectivity index is 2.27. The molecule has 0 aromatic heterocycles. The molecule has 82 valence electrons. The summed E-state index contributed by atoms with van der Waals surface area (Å²) in [4.78, 5) is 0. The molecule has 0 N–H and O–H groups in total. The minimum atomic E-state index is 0.972. The third-order valence-corrected chi connectivity index (χ3v) is 3.33. The first-order valence-corrected chi connectivity index (χ1v) is 6.72. The summed E-state index contributed by atoms with van der Waals surface area (Å²) in [6, 6.07) is 15.0. The van der Waals surface area contributed by atoms with Gasteiger partial charge in [-0.1, -0.05) is 61.7 Å². The van der Waals surface area contributed by atoms with Crippen LogP contribution in [0.25, 0.3) is 0 Å². The second kappa shape index (κ2) is 5.15. The van der Waals surface area contributed by atoms with Crippen molar-refractivity contribution in [1.82, 2.24) is 0 Å². The van der Waals surface area contributed by atoms with Crippen LogP contribution in [-0.4, -0.2) is 0 Å². The number of halogens is 2. The molecule has 0 spiro atoms. The summed E-state index contributed by atoms with van der Waals surface area (Å²) in [6.45, 7) is 2.13. The van der Waals surface area contributed by atoms with Gasteiger partial charge in [0.05, 0.1) is 0 Å². The Morgan fingerprint density at radius 2 is 1.56 bits per heavy atom. The second-order valence-electron chi connectivity index (χ2n) is 3.94. The first-order valence-electron chi connectivity index (χ1n) is 5.14. The quantitative estimate of drug-likeness (QED) is 0.713. The molecule has 2 aromatic carbocycles. The first kappa shape index (κ1) is 11.9. The predicted molar refractivity (Wildman–Crippen MR) is 75.8 cm³/mol. The lowest BCUT2D eigenvalue weighted by Crippen LogP contribution is -1.89. The van der Waals surface area contributed by atoms with E-state index in [2.05, 4.69) is 81.2 Å². The van der Waals surface area contributed by atoms with Crippen LogP contribution in [0.4, 0.5) is 0 Å². The third-order valence-electron chi connectivity index (χ3n) is 2.41. The number of hydrogen-bond acceptors (Lipinski definition) is 0. The molecule has 0 aliphatic carbocycles. The highest BCUT2D eigenvalue weighted by Gasteiger charge is 2.00. The largest absolute Gasteiger partial charge is 0.0617 e. The smallest absolute Gasteiger partial charge is 0.0189 e. The summed E-state index contributed by atoms with van der Waals surface area (Å²) in [5.41, 5.74) is 3.98. The Morgan fingerprint density at radius 1 is 0.875 bits per heavy atom. The fraction of sp³-hybridized carbons (Fsp3) is 0.143. The predicted octanol–water partition coefficient (Wildman–Crippen LogP) is 5.11. The minimum Gasteiger partial charge on any atom is -0.0617 e. The number of hydrogen-bond donors (Lipinski definition) is 0. The van der Waals surface area contributed by atoms with Crippen molar-refractivity contribution in [3.63, 3.8) is 0 Å². The maximum Gasteiger partial charge on any atom is 0.0189 e. The fourth-order valence-electron chi connectivity index (χ4n) is 1.77. The van der Waals surface area contributed by atoms with Gasteiger partial charge in [0.2, 0.25) is 0 Å². The van der Waals surface area contributed by atoms with Crippen LogP contribution in [0, 0.1) is 6.92 Å². The van der Waals surface area contributed by atoms with Gasteiger partial charge < -0.3 is 0 Å². The fourth-order valence-corrected chi connectivity index (χ4v) is 3.16. The zero-order valence-electron chi connectivity index (χ0n) is 9.00. The van der Waals surface area contributed by atoms with Gasteiger partial charge in [0.1, 0.15) is 0 Å². The molecular formula is C14H12Br2. The molecule has 0 nitrogen and oxygen atoms in total. The maximum absolute atomic E-state index is 3.51. The summed E-state index contributed by atoms with van der Waals surface area (Å²) in [7, 11) is 0. The molecule has 0 amide bonds. The van der Waals surface area contributed by atoms with Gasteiger partial charge in [0.25, 0.3) is 0 Å². The number of aryl methyl sites for hydroxylation is 1. The highest BCUT2D eigenvalue weighted by Crippen LogP contribution is 2.22. The lowest BCUT2D eigenvalue weighted by molar-refractivity contribution is 1.17. The van der Waals surface area contributed by atoms with Crippen molar-refractivity contribution in [2.24, 2.45) is 0 Å². The summed E-state index contributed by atoms with van der Waals surface area (Å²) >= 11 is 7.02. The molecule has 0 heterocycles. The van der Waals surface area contributed by atoms with E-state index in [1.165, 1.54) is 16.7 Å². The van der Waals surface area contributed by atoms with Crippen LogP contribution in [0.1, 0.15) is 16.7 Å². The lowest BCUT2D eigenvalue weighted by Gasteiger charge is -2.05. The van der Waals surface area contributed by atoms with Crippen molar-refractivity contribution in [3.8, 4) is 0 Å². The molecule has 16 heavy (non-hydrogen) atoms. The summed E-state index contributed by atoms with van der Waals surface area (Å²) < 4.78 is 2.23. The van der Waals surface area contributed by atoms with Crippen molar-refractivity contribution in [1.29, 1.82) is 0 Å². The van der Waals surface area contributed by atoms with Crippen LogP contribution in [0.15, 0.2) is 51.4 Å². The van der Waals surface area contributed by atoms with E-state index in [0.717, 1.165) is 15.4 Å². The van der Waals surface area contributed by atoms with Gasteiger partial charge in [0.15, 0.2) is 0 Å². The minimum absolute atomic E-state index is 0.972. The second-order valence-corrected chi connectivity index (χ2v) is 5.77. The van der Waals surface area contributed by atoms with E-state index < -0.39 is 0 Å². The van der Waals surface area contributed by atoms with E-state index in [1.54, 1.807) is 0 Å². The molecule has 0 aliphatic rings. The van der Waals surface area contributed by atoms with E-state index in [-0.39, 0.29) is 0 Å². The van der Waals surface area contributed by atoms with Crippen LogP contribution in [-0.2, 0) is 6.42 Å². The van der Waals surface area contributed by atoms with Crippen molar-refractivity contribution in [2.45, 2.75) is 13.3 Å². The van der Waals surface area contributed by atoms with Gasteiger partial charge in [-0.2, -0.15) is 0 Å². The number of benzene rings is 2. The molecule has 0 saturated carbocycles. The van der Waals surface area contributed by atoms with Crippen LogP contribution >= 0.6 is 31.9 Å². The molecule has 0 fully saturated rings. The van der Waals surface area contributed by atoms with E-state index in [9.17, 15) is 0 Å². The van der Waals surface area contributed by atoms with E-state index in [0.29, 0.717) is 0 Å². The van der Waals surface area contributed by atoms with Gasteiger partial charge in [-0.05, 0) is 42.7 Å². The highest BCUT2D eigenvalue weighted by molar-refractivity contribution is 9.11. The van der Waals surface area contributed by atoms with Crippen molar-refractivity contribution >= 4 is 31.9 Å². The Labute approximate surface area is 113 Å². The van der Waals surface area contributed by atoms with Gasteiger partial charge in [-0.25, -0.2) is 0 Å². The van der Waals surface area contributed by atoms with E-state index in [1.807, 2.05) is 0 Å².